The van der Waals surface area contributed by atoms with Gasteiger partial charge in [0.05, 0.1) is 14.2 Å². The monoisotopic (exact) mass is 396 g/mol. The number of rotatable bonds is 7. The van der Waals surface area contributed by atoms with Crippen LogP contribution in [0.4, 0.5) is 5.69 Å². The van der Waals surface area contributed by atoms with Crippen LogP contribution < -0.4 is 20.1 Å². The zero-order valence-corrected chi connectivity index (χ0v) is 16.9. The molecule has 0 bridgehead atoms. The van der Waals surface area contributed by atoms with E-state index in [1.807, 2.05) is 42.5 Å². The zero-order valence-electron chi connectivity index (χ0n) is 16.9. The molecule has 0 saturated heterocycles. The van der Waals surface area contributed by atoms with Gasteiger partial charge in [0.15, 0.2) is 0 Å². The molecule has 2 aromatic rings. The molecule has 1 fully saturated rings. The van der Waals surface area contributed by atoms with Crippen LogP contribution in [0.1, 0.15) is 31.2 Å². The van der Waals surface area contributed by atoms with Gasteiger partial charge in [-0.2, -0.15) is 0 Å². The van der Waals surface area contributed by atoms with Crippen molar-refractivity contribution in [1.82, 2.24) is 5.32 Å². The van der Waals surface area contributed by atoms with Crippen molar-refractivity contribution in [2.24, 2.45) is 11.8 Å². The molecule has 154 valence electrons. The zero-order chi connectivity index (χ0) is 20.6. The fraction of sp³-hybridized carbons (Fsp3) is 0.391. The fourth-order valence-electron chi connectivity index (χ4n) is 3.74. The van der Waals surface area contributed by atoms with Crippen LogP contribution in [0, 0.1) is 11.8 Å². The number of methoxy groups -OCH3 is 2. The van der Waals surface area contributed by atoms with E-state index in [0.29, 0.717) is 38.0 Å². The summed E-state index contributed by atoms with van der Waals surface area (Å²) in [5.74, 6) is 1.41. The summed E-state index contributed by atoms with van der Waals surface area (Å²) >= 11 is 0. The Hall–Kier alpha value is -3.02. The van der Waals surface area contributed by atoms with Crippen LogP contribution in [0.25, 0.3) is 0 Å². The third kappa shape index (κ3) is 5.50. The van der Waals surface area contributed by atoms with Crippen LogP contribution in [-0.4, -0.2) is 26.0 Å². The standard InChI is InChI=1S/C23H28N2O4/c1-28-20-8-5-7-19(14-20)25-23(27)17-12-10-16(11-13-17)22(26)24-15-18-6-3-4-9-21(18)29-2/h3-9,14,16-17H,10-13,15H2,1-2H3,(H,24,26)(H,25,27). The van der Waals surface area contributed by atoms with E-state index in [1.54, 1.807) is 20.3 Å². The van der Waals surface area contributed by atoms with Crippen molar-refractivity contribution >= 4 is 17.5 Å². The minimum absolute atomic E-state index is 0.00568. The van der Waals surface area contributed by atoms with Gasteiger partial charge in [-0.1, -0.05) is 24.3 Å². The molecule has 1 aliphatic carbocycles. The van der Waals surface area contributed by atoms with E-state index >= 15 is 0 Å². The van der Waals surface area contributed by atoms with Gasteiger partial charge in [0, 0.05) is 35.7 Å². The topological polar surface area (TPSA) is 76.7 Å². The molecule has 2 aromatic carbocycles. The maximum atomic E-state index is 12.6. The number of ether oxygens (including phenoxy) is 2. The molecule has 0 unspecified atom stereocenters. The van der Waals surface area contributed by atoms with E-state index in [2.05, 4.69) is 10.6 Å². The molecule has 6 nitrogen and oxygen atoms in total. The van der Waals surface area contributed by atoms with Crippen LogP contribution in [0.5, 0.6) is 11.5 Å². The Kier molecular flexibility index (Phi) is 7.11. The highest BCUT2D eigenvalue weighted by Gasteiger charge is 2.30. The summed E-state index contributed by atoms with van der Waals surface area (Å²) in [6, 6.07) is 15.0. The Morgan fingerprint density at radius 3 is 2.28 bits per heavy atom. The second-order valence-electron chi connectivity index (χ2n) is 7.30. The van der Waals surface area contributed by atoms with Crippen LogP contribution >= 0.6 is 0 Å². The number of nitrogens with one attached hydrogen (secondary N) is 2. The van der Waals surface area contributed by atoms with Crippen molar-refractivity contribution in [3.63, 3.8) is 0 Å². The van der Waals surface area contributed by atoms with E-state index in [4.69, 9.17) is 9.47 Å². The molecule has 0 spiro atoms. The van der Waals surface area contributed by atoms with Crippen molar-refractivity contribution in [2.45, 2.75) is 32.2 Å². The molecule has 2 amide bonds. The number of anilines is 1. The molecule has 0 aliphatic heterocycles. The lowest BCUT2D eigenvalue weighted by molar-refractivity contribution is -0.128. The molecule has 0 radical (unpaired) electrons. The van der Waals surface area contributed by atoms with Gasteiger partial charge < -0.3 is 20.1 Å². The first-order valence-electron chi connectivity index (χ1n) is 9.95. The summed E-state index contributed by atoms with van der Waals surface area (Å²) in [6.45, 7) is 0.444. The lowest BCUT2D eigenvalue weighted by atomic mass is 9.81. The van der Waals surface area contributed by atoms with Gasteiger partial charge in [0.25, 0.3) is 0 Å². The highest BCUT2D eigenvalue weighted by molar-refractivity contribution is 5.93. The minimum atomic E-state index is -0.0699. The van der Waals surface area contributed by atoms with Gasteiger partial charge in [0.1, 0.15) is 11.5 Å². The Morgan fingerprint density at radius 1 is 0.897 bits per heavy atom. The molecular formula is C23H28N2O4. The second kappa shape index (κ2) is 9.96. The lowest BCUT2D eigenvalue weighted by Gasteiger charge is -2.27. The number of carbonyl (C=O) groups excluding carboxylic acids is 2. The van der Waals surface area contributed by atoms with Crippen LogP contribution in [0.3, 0.4) is 0 Å². The van der Waals surface area contributed by atoms with Gasteiger partial charge in [-0.25, -0.2) is 0 Å². The largest absolute Gasteiger partial charge is 0.497 e. The molecule has 1 saturated carbocycles. The summed E-state index contributed by atoms with van der Waals surface area (Å²) in [7, 11) is 3.22. The number of amides is 2. The summed E-state index contributed by atoms with van der Waals surface area (Å²) in [5.41, 5.74) is 1.68. The van der Waals surface area contributed by atoms with E-state index in [-0.39, 0.29) is 23.7 Å². The highest BCUT2D eigenvalue weighted by atomic mass is 16.5. The van der Waals surface area contributed by atoms with Crippen molar-refractivity contribution in [1.29, 1.82) is 0 Å². The maximum Gasteiger partial charge on any atom is 0.227 e. The Morgan fingerprint density at radius 2 is 1.59 bits per heavy atom. The van der Waals surface area contributed by atoms with E-state index < -0.39 is 0 Å². The molecule has 29 heavy (non-hydrogen) atoms. The predicted octanol–water partition coefficient (Wildman–Crippen LogP) is 3.77. The molecule has 3 rings (SSSR count). The van der Waals surface area contributed by atoms with E-state index in [1.165, 1.54) is 0 Å². The third-order valence-corrected chi connectivity index (χ3v) is 5.45. The Bertz CT molecular complexity index is 844. The minimum Gasteiger partial charge on any atom is -0.497 e. The van der Waals surface area contributed by atoms with E-state index in [0.717, 1.165) is 17.0 Å². The average molecular weight is 396 g/mol. The smallest absolute Gasteiger partial charge is 0.227 e. The number of carbonyl (C=O) groups is 2. The maximum absolute atomic E-state index is 12.6. The van der Waals surface area contributed by atoms with Crippen molar-refractivity contribution in [3.8, 4) is 11.5 Å². The van der Waals surface area contributed by atoms with Gasteiger partial charge in [0.2, 0.25) is 11.8 Å². The average Bonchev–Trinajstić information content (AvgIpc) is 2.77. The summed E-state index contributed by atoms with van der Waals surface area (Å²) in [5, 5.41) is 5.96. The molecular weight excluding hydrogens is 368 g/mol. The van der Waals surface area contributed by atoms with Gasteiger partial charge >= 0.3 is 0 Å². The number of para-hydroxylation sites is 1. The lowest BCUT2D eigenvalue weighted by Crippen LogP contribution is -2.35. The van der Waals surface area contributed by atoms with Gasteiger partial charge in [-0.15, -0.1) is 0 Å². The SMILES string of the molecule is COc1cccc(NC(=O)C2CCC(C(=O)NCc3ccccc3OC)CC2)c1. The Balaban J connectivity index is 1.46. The van der Waals surface area contributed by atoms with Gasteiger partial charge in [-0.05, 0) is 43.9 Å². The van der Waals surface area contributed by atoms with Crippen molar-refractivity contribution in [2.75, 3.05) is 19.5 Å². The number of benzene rings is 2. The molecule has 1 aliphatic rings. The van der Waals surface area contributed by atoms with Crippen LogP contribution in [0.2, 0.25) is 0 Å². The number of hydrogen-bond acceptors (Lipinski definition) is 4. The van der Waals surface area contributed by atoms with E-state index in [9.17, 15) is 9.59 Å². The fourth-order valence-corrected chi connectivity index (χ4v) is 3.74. The molecule has 0 aromatic heterocycles. The molecule has 0 atom stereocenters. The number of hydrogen-bond donors (Lipinski definition) is 2. The summed E-state index contributed by atoms with van der Waals surface area (Å²) < 4.78 is 10.5. The second-order valence-corrected chi connectivity index (χ2v) is 7.30. The van der Waals surface area contributed by atoms with Crippen LogP contribution in [0.15, 0.2) is 48.5 Å². The van der Waals surface area contributed by atoms with Crippen molar-refractivity contribution in [3.05, 3.63) is 54.1 Å². The highest BCUT2D eigenvalue weighted by Crippen LogP contribution is 2.30. The first-order chi connectivity index (χ1) is 14.1. The molecule has 0 heterocycles. The van der Waals surface area contributed by atoms with Gasteiger partial charge in [-0.3, -0.25) is 9.59 Å². The third-order valence-electron chi connectivity index (χ3n) is 5.45. The summed E-state index contributed by atoms with van der Waals surface area (Å²) in [4.78, 5) is 25.1. The molecule has 6 heteroatoms. The Labute approximate surface area is 171 Å². The predicted molar refractivity (Wildman–Crippen MR) is 112 cm³/mol. The first kappa shape index (κ1) is 20.7. The molecule has 2 N–H and O–H groups in total. The normalized spacial score (nSPS) is 18.6. The summed E-state index contributed by atoms with van der Waals surface area (Å²) in [6.07, 6.45) is 2.85. The first-order valence-corrected chi connectivity index (χ1v) is 9.95. The quantitative estimate of drug-likeness (QED) is 0.747. The van der Waals surface area contributed by atoms with Crippen LogP contribution in [-0.2, 0) is 16.1 Å². The van der Waals surface area contributed by atoms with Crippen molar-refractivity contribution < 1.29 is 19.1 Å².